The number of carboxylic acid groups (broad SMARTS) is 2. The second kappa shape index (κ2) is 16.6. The van der Waals surface area contributed by atoms with Gasteiger partial charge in [-0.1, -0.05) is 74.5 Å². The highest BCUT2D eigenvalue weighted by Gasteiger charge is 2.12. The van der Waals surface area contributed by atoms with E-state index in [9.17, 15) is 9.59 Å². The molecule has 0 aliphatic carbocycles. The summed E-state index contributed by atoms with van der Waals surface area (Å²) in [4.78, 5) is 28.0. The lowest BCUT2D eigenvalue weighted by Crippen LogP contribution is -2.03. The fourth-order valence-corrected chi connectivity index (χ4v) is 5.52. The molecule has 6 N–H and O–H groups in total. The quantitative estimate of drug-likeness (QED) is 0.132. The van der Waals surface area contributed by atoms with Gasteiger partial charge < -0.3 is 30.5 Å². The normalized spacial score (nSPS) is 10.6. The molecule has 6 rings (SSSR count). The first-order valence-electron chi connectivity index (χ1n) is 15.7. The number of nitrogen functional groups attached to an aromatic ring is 2. The van der Waals surface area contributed by atoms with Crippen molar-refractivity contribution >= 4 is 34.6 Å². The summed E-state index contributed by atoms with van der Waals surface area (Å²) in [5.41, 5.74) is 22.0. The van der Waals surface area contributed by atoms with Crippen LogP contribution >= 0.6 is 0 Å². The molecule has 4 aromatic heterocycles. The zero-order valence-corrected chi connectivity index (χ0v) is 26.8. The maximum Gasteiger partial charge on any atom is 0.314 e. The van der Waals surface area contributed by atoms with Crippen LogP contribution in [0.1, 0.15) is 53.9 Å². The van der Waals surface area contributed by atoms with Crippen LogP contribution in [-0.4, -0.2) is 40.9 Å². The lowest BCUT2D eigenvalue weighted by molar-refractivity contribution is -0.147. The van der Waals surface area contributed by atoms with E-state index in [1.165, 1.54) is 33.3 Å². The smallest absolute Gasteiger partial charge is 0.314 e. The number of fused-ring (bicyclic) bond motifs is 2. The number of rotatable bonds is 10. The van der Waals surface area contributed by atoms with Crippen LogP contribution in [0.3, 0.4) is 0 Å². The van der Waals surface area contributed by atoms with Gasteiger partial charge in [-0.25, -0.2) is 0 Å². The van der Waals surface area contributed by atoms with Gasteiger partial charge in [-0.2, -0.15) is 0 Å². The van der Waals surface area contributed by atoms with E-state index >= 15 is 0 Å². The standard InChI is InChI=1S/2C17H19N3.C3H4O4/c2*1-2-14-12-16(18)20-11-10-19-15(17(14)20)9-8-13-6-4-3-5-7-13;4-2(5)1-3(6)7/h2*3-7,10-12H,2,8-9,18H2,1H3;1H2,(H,4,5)(H,6,7). The molecule has 2 aromatic carbocycles. The third kappa shape index (κ3) is 9.20. The Labute approximate surface area is 274 Å². The molecule has 0 fully saturated rings. The topological polar surface area (TPSA) is 161 Å². The van der Waals surface area contributed by atoms with E-state index in [4.69, 9.17) is 21.7 Å². The third-order valence-electron chi connectivity index (χ3n) is 7.78. The van der Waals surface area contributed by atoms with Crippen molar-refractivity contribution in [3.63, 3.8) is 0 Å². The van der Waals surface area contributed by atoms with E-state index in [1.54, 1.807) is 0 Å². The zero-order chi connectivity index (χ0) is 33.8. The highest BCUT2D eigenvalue weighted by molar-refractivity contribution is 5.88. The predicted octanol–water partition coefficient (Wildman–Crippen LogP) is 6.07. The van der Waals surface area contributed by atoms with E-state index in [2.05, 4.69) is 84.5 Å². The second-order valence-electron chi connectivity index (χ2n) is 11.0. The van der Waals surface area contributed by atoms with E-state index in [0.717, 1.165) is 61.5 Å². The van der Waals surface area contributed by atoms with Gasteiger partial charge in [0.25, 0.3) is 0 Å². The Balaban J connectivity index is 0.000000178. The maximum atomic E-state index is 9.43. The molecule has 47 heavy (non-hydrogen) atoms. The van der Waals surface area contributed by atoms with Crippen molar-refractivity contribution in [1.29, 1.82) is 0 Å². The third-order valence-corrected chi connectivity index (χ3v) is 7.78. The van der Waals surface area contributed by atoms with Crippen molar-refractivity contribution < 1.29 is 19.8 Å². The Morgan fingerprint density at radius 1 is 0.638 bits per heavy atom. The van der Waals surface area contributed by atoms with Crippen molar-refractivity contribution in [2.24, 2.45) is 0 Å². The van der Waals surface area contributed by atoms with Crippen molar-refractivity contribution in [2.75, 3.05) is 11.5 Å². The summed E-state index contributed by atoms with van der Waals surface area (Å²) in [6.45, 7) is 4.31. The number of aromatic nitrogens is 4. The molecule has 0 saturated heterocycles. The molecular formula is C37H42N6O4. The Hall–Kier alpha value is -5.64. The molecule has 4 heterocycles. The first-order chi connectivity index (χ1) is 22.7. The largest absolute Gasteiger partial charge is 0.481 e. The van der Waals surface area contributed by atoms with Crippen molar-refractivity contribution in [3.8, 4) is 0 Å². The number of hydrogen-bond acceptors (Lipinski definition) is 6. The fourth-order valence-electron chi connectivity index (χ4n) is 5.52. The van der Waals surface area contributed by atoms with Crippen LogP contribution in [0.15, 0.2) is 97.6 Å². The van der Waals surface area contributed by atoms with Gasteiger partial charge in [0.2, 0.25) is 0 Å². The zero-order valence-electron chi connectivity index (χ0n) is 26.8. The van der Waals surface area contributed by atoms with E-state index in [0.29, 0.717) is 0 Å². The molecular weight excluding hydrogens is 592 g/mol. The molecule has 0 aliphatic rings. The lowest BCUT2D eigenvalue weighted by atomic mass is 10.1. The molecule has 10 heteroatoms. The van der Waals surface area contributed by atoms with Crippen molar-refractivity contribution in [1.82, 2.24) is 18.8 Å². The minimum atomic E-state index is -1.31. The van der Waals surface area contributed by atoms with Crippen molar-refractivity contribution in [2.45, 2.75) is 58.8 Å². The number of carboxylic acids is 2. The lowest BCUT2D eigenvalue weighted by Gasteiger charge is -2.06. The molecule has 0 atom stereocenters. The Kier molecular flexibility index (Phi) is 12.1. The monoisotopic (exact) mass is 634 g/mol. The molecule has 0 bridgehead atoms. The Bertz CT molecular complexity index is 1780. The van der Waals surface area contributed by atoms with E-state index in [-0.39, 0.29) is 0 Å². The molecule has 0 unspecified atom stereocenters. The Morgan fingerprint density at radius 2 is 1.02 bits per heavy atom. The summed E-state index contributed by atoms with van der Waals surface area (Å²) in [6.07, 6.45) is 12.6. The van der Waals surface area contributed by atoms with E-state index in [1.807, 2.05) is 45.7 Å². The van der Waals surface area contributed by atoms with Crippen LogP contribution in [0.5, 0.6) is 0 Å². The number of aliphatic carboxylic acids is 2. The molecule has 6 aromatic rings. The number of nitrogens with two attached hydrogens (primary N) is 2. The van der Waals surface area contributed by atoms with Gasteiger partial charge in [0.1, 0.15) is 18.1 Å². The minimum Gasteiger partial charge on any atom is -0.481 e. The van der Waals surface area contributed by atoms with Gasteiger partial charge in [0.05, 0.1) is 22.4 Å². The predicted molar refractivity (Wildman–Crippen MR) is 186 cm³/mol. The fraction of sp³-hybridized carbons (Fsp3) is 0.243. The SMILES string of the molecule is CCc1cc(N)n2ccnc(CCc3ccccc3)c12.CCc1cc(N)n2ccnc(CCc3ccccc3)c12.O=C(O)CC(=O)O. The molecule has 0 aliphatic heterocycles. The van der Waals surface area contributed by atoms with Gasteiger partial charge in [-0.05, 0) is 72.9 Å². The number of nitrogens with zero attached hydrogens (tertiary/aromatic N) is 4. The summed E-state index contributed by atoms with van der Waals surface area (Å²) in [5.74, 6) is -1.04. The average Bonchev–Trinajstić information content (AvgIpc) is 3.60. The highest BCUT2D eigenvalue weighted by Crippen LogP contribution is 2.24. The number of benzene rings is 2. The molecule has 10 nitrogen and oxygen atoms in total. The minimum absolute atomic E-state index is 0.792. The van der Waals surface area contributed by atoms with Gasteiger partial charge >= 0.3 is 11.9 Å². The number of aryl methyl sites for hydroxylation is 6. The van der Waals surface area contributed by atoms with Crippen LogP contribution < -0.4 is 11.5 Å². The van der Waals surface area contributed by atoms with Crippen LogP contribution in [0.2, 0.25) is 0 Å². The first kappa shape index (κ1) is 34.2. The summed E-state index contributed by atoms with van der Waals surface area (Å²) >= 11 is 0. The summed E-state index contributed by atoms with van der Waals surface area (Å²) < 4.78 is 4.10. The summed E-state index contributed by atoms with van der Waals surface area (Å²) in [7, 11) is 0. The first-order valence-corrected chi connectivity index (χ1v) is 15.7. The van der Waals surface area contributed by atoms with Crippen LogP contribution in [0.25, 0.3) is 11.0 Å². The number of anilines is 2. The second-order valence-corrected chi connectivity index (χ2v) is 11.0. The van der Waals surface area contributed by atoms with Crippen LogP contribution in [0.4, 0.5) is 11.6 Å². The van der Waals surface area contributed by atoms with Gasteiger partial charge in [-0.15, -0.1) is 0 Å². The molecule has 0 amide bonds. The van der Waals surface area contributed by atoms with Gasteiger partial charge in [0.15, 0.2) is 0 Å². The molecule has 0 radical (unpaired) electrons. The molecule has 244 valence electrons. The maximum absolute atomic E-state index is 9.43. The van der Waals surface area contributed by atoms with Crippen molar-refractivity contribution in [3.05, 3.63) is 131 Å². The highest BCUT2D eigenvalue weighted by atomic mass is 16.4. The van der Waals surface area contributed by atoms with E-state index < -0.39 is 18.4 Å². The van der Waals surface area contributed by atoms with Gasteiger partial charge in [-0.3, -0.25) is 19.6 Å². The average molecular weight is 635 g/mol. The summed E-state index contributed by atoms with van der Waals surface area (Å²) in [6, 6.07) is 25.2. The van der Waals surface area contributed by atoms with Gasteiger partial charge in [0, 0.05) is 24.8 Å². The summed E-state index contributed by atoms with van der Waals surface area (Å²) in [5, 5.41) is 15.4. The molecule has 0 saturated carbocycles. The van der Waals surface area contributed by atoms with Crippen LogP contribution in [-0.2, 0) is 48.1 Å². The molecule has 0 spiro atoms. The number of carbonyl (C=O) groups is 2. The van der Waals surface area contributed by atoms with Crippen LogP contribution in [0, 0.1) is 0 Å². The number of hydrogen-bond donors (Lipinski definition) is 4. The Morgan fingerprint density at radius 3 is 1.34 bits per heavy atom.